The summed E-state index contributed by atoms with van der Waals surface area (Å²) in [5, 5.41) is 2.95. The Labute approximate surface area is 101 Å². The SMILES string of the molecule is COc1cc(CNC=S)ccc1OCCN. The molecule has 3 N–H and O–H groups in total. The van der Waals surface area contributed by atoms with Crippen molar-refractivity contribution in [1.82, 2.24) is 5.32 Å². The molecule has 0 bridgehead atoms. The zero-order chi connectivity index (χ0) is 11.8. The van der Waals surface area contributed by atoms with E-state index < -0.39 is 0 Å². The topological polar surface area (TPSA) is 56.5 Å². The maximum absolute atomic E-state index is 5.44. The van der Waals surface area contributed by atoms with Crippen LogP contribution in [0.25, 0.3) is 0 Å². The molecule has 0 aliphatic carbocycles. The van der Waals surface area contributed by atoms with Gasteiger partial charge in [-0.25, -0.2) is 0 Å². The number of nitrogens with one attached hydrogen (secondary N) is 1. The first-order valence-electron chi connectivity index (χ1n) is 4.98. The van der Waals surface area contributed by atoms with E-state index >= 15 is 0 Å². The molecule has 0 fully saturated rings. The predicted molar refractivity (Wildman–Crippen MR) is 68.0 cm³/mol. The Kier molecular flexibility index (Phi) is 5.60. The van der Waals surface area contributed by atoms with E-state index in [-0.39, 0.29) is 0 Å². The molecule has 0 aliphatic rings. The highest BCUT2D eigenvalue weighted by Crippen LogP contribution is 2.27. The summed E-state index contributed by atoms with van der Waals surface area (Å²) in [6.45, 7) is 1.64. The van der Waals surface area contributed by atoms with Gasteiger partial charge in [0, 0.05) is 13.1 Å². The number of benzene rings is 1. The van der Waals surface area contributed by atoms with Gasteiger partial charge in [0.25, 0.3) is 0 Å². The van der Waals surface area contributed by atoms with Gasteiger partial charge in [0.1, 0.15) is 6.61 Å². The van der Waals surface area contributed by atoms with Gasteiger partial charge in [0.15, 0.2) is 11.5 Å². The summed E-state index contributed by atoms with van der Waals surface area (Å²) in [7, 11) is 1.61. The third-order valence-corrected chi connectivity index (χ3v) is 2.16. The number of hydrogen-bond donors (Lipinski definition) is 2. The molecule has 0 aromatic heterocycles. The standard InChI is InChI=1S/C11H16N2O2S/c1-14-11-6-9(7-13-8-16)2-3-10(11)15-5-4-12/h2-3,6,8H,4-5,7,12H2,1H3,(H,13,16). The molecule has 0 aliphatic heterocycles. The number of hydrogen-bond acceptors (Lipinski definition) is 4. The minimum Gasteiger partial charge on any atom is -0.493 e. The van der Waals surface area contributed by atoms with Crippen LogP contribution in [0.4, 0.5) is 0 Å². The Morgan fingerprint density at radius 2 is 2.25 bits per heavy atom. The van der Waals surface area contributed by atoms with Crippen molar-refractivity contribution in [3.63, 3.8) is 0 Å². The highest BCUT2D eigenvalue weighted by molar-refractivity contribution is 7.78. The molecule has 1 aromatic carbocycles. The zero-order valence-electron chi connectivity index (χ0n) is 9.23. The molecule has 16 heavy (non-hydrogen) atoms. The fraction of sp³-hybridized carbons (Fsp3) is 0.364. The van der Waals surface area contributed by atoms with Crippen molar-refractivity contribution in [2.24, 2.45) is 5.73 Å². The van der Waals surface area contributed by atoms with Gasteiger partial charge >= 0.3 is 0 Å². The molecule has 0 atom stereocenters. The highest BCUT2D eigenvalue weighted by Gasteiger charge is 2.04. The molecule has 0 saturated heterocycles. The Balaban J connectivity index is 2.75. The largest absolute Gasteiger partial charge is 0.493 e. The first-order valence-corrected chi connectivity index (χ1v) is 5.45. The van der Waals surface area contributed by atoms with Crippen molar-refractivity contribution in [1.29, 1.82) is 0 Å². The predicted octanol–water partition coefficient (Wildman–Crippen LogP) is 1.08. The van der Waals surface area contributed by atoms with E-state index in [1.54, 1.807) is 7.11 Å². The van der Waals surface area contributed by atoms with E-state index in [9.17, 15) is 0 Å². The van der Waals surface area contributed by atoms with Gasteiger partial charge in [-0.05, 0) is 17.7 Å². The van der Waals surface area contributed by atoms with Gasteiger partial charge in [-0.15, -0.1) is 0 Å². The van der Waals surface area contributed by atoms with Gasteiger partial charge in [0.2, 0.25) is 0 Å². The number of rotatable bonds is 7. The average molecular weight is 240 g/mol. The smallest absolute Gasteiger partial charge is 0.161 e. The fourth-order valence-corrected chi connectivity index (χ4v) is 1.35. The van der Waals surface area contributed by atoms with Gasteiger partial charge < -0.3 is 20.5 Å². The molecule has 4 nitrogen and oxygen atoms in total. The molecular formula is C11H16N2O2S. The third kappa shape index (κ3) is 3.67. The van der Waals surface area contributed by atoms with Crippen LogP contribution in [-0.2, 0) is 6.54 Å². The van der Waals surface area contributed by atoms with Gasteiger partial charge in [-0.2, -0.15) is 0 Å². The second kappa shape index (κ2) is 7.03. The second-order valence-electron chi connectivity index (χ2n) is 3.12. The summed E-state index contributed by atoms with van der Waals surface area (Å²) in [6.07, 6.45) is 0. The molecule has 0 radical (unpaired) electrons. The van der Waals surface area contributed by atoms with Crippen molar-refractivity contribution in [3.05, 3.63) is 23.8 Å². The summed E-state index contributed by atoms with van der Waals surface area (Å²) in [6, 6.07) is 5.74. The van der Waals surface area contributed by atoms with Crippen molar-refractivity contribution in [2.45, 2.75) is 6.54 Å². The first-order chi connectivity index (χ1) is 7.81. The van der Waals surface area contributed by atoms with Crippen LogP contribution in [0.3, 0.4) is 0 Å². The molecule has 1 rings (SSSR count). The molecule has 0 heterocycles. The lowest BCUT2D eigenvalue weighted by molar-refractivity contribution is 0.302. The van der Waals surface area contributed by atoms with Gasteiger partial charge in [0.05, 0.1) is 12.6 Å². The Hall–Kier alpha value is -1.33. The van der Waals surface area contributed by atoms with E-state index in [0.29, 0.717) is 31.2 Å². The van der Waals surface area contributed by atoms with Crippen LogP contribution >= 0.6 is 12.2 Å². The Morgan fingerprint density at radius 1 is 1.44 bits per heavy atom. The highest BCUT2D eigenvalue weighted by atomic mass is 32.1. The fourth-order valence-electron chi connectivity index (χ4n) is 1.27. The van der Waals surface area contributed by atoms with Gasteiger partial charge in [-0.3, -0.25) is 0 Å². The lowest BCUT2D eigenvalue weighted by Crippen LogP contribution is -2.12. The van der Waals surface area contributed by atoms with Crippen LogP contribution in [0, 0.1) is 0 Å². The monoisotopic (exact) mass is 240 g/mol. The summed E-state index contributed by atoms with van der Waals surface area (Å²) in [4.78, 5) is 0. The van der Waals surface area contributed by atoms with Crippen molar-refractivity contribution in [2.75, 3.05) is 20.3 Å². The lowest BCUT2D eigenvalue weighted by Gasteiger charge is -2.11. The molecular weight excluding hydrogens is 224 g/mol. The number of ether oxygens (including phenoxy) is 2. The van der Waals surface area contributed by atoms with Crippen LogP contribution < -0.4 is 20.5 Å². The number of nitrogens with two attached hydrogens (primary N) is 1. The Morgan fingerprint density at radius 3 is 2.88 bits per heavy atom. The quantitative estimate of drug-likeness (QED) is 0.698. The van der Waals surface area contributed by atoms with Crippen LogP contribution in [0.1, 0.15) is 5.56 Å². The van der Waals surface area contributed by atoms with Crippen LogP contribution in [0.15, 0.2) is 18.2 Å². The molecule has 0 unspecified atom stereocenters. The van der Waals surface area contributed by atoms with E-state index in [4.69, 9.17) is 15.2 Å². The Bertz CT molecular complexity index is 345. The first kappa shape index (κ1) is 12.7. The molecule has 88 valence electrons. The van der Waals surface area contributed by atoms with Crippen LogP contribution in [0.5, 0.6) is 11.5 Å². The number of thiocarbonyl (C=S) groups is 1. The van der Waals surface area contributed by atoms with Crippen LogP contribution in [-0.4, -0.2) is 25.8 Å². The van der Waals surface area contributed by atoms with E-state index in [0.717, 1.165) is 5.56 Å². The zero-order valence-corrected chi connectivity index (χ0v) is 10.0. The summed E-state index contributed by atoms with van der Waals surface area (Å²) >= 11 is 4.69. The van der Waals surface area contributed by atoms with Crippen molar-refractivity contribution < 1.29 is 9.47 Å². The maximum atomic E-state index is 5.44. The second-order valence-corrected chi connectivity index (χ2v) is 3.36. The van der Waals surface area contributed by atoms with E-state index in [2.05, 4.69) is 17.5 Å². The van der Waals surface area contributed by atoms with Crippen LogP contribution in [0.2, 0.25) is 0 Å². The minimum absolute atomic E-state index is 0.480. The third-order valence-electron chi connectivity index (χ3n) is 1.99. The number of methoxy groups -OCH3 is 1. The molecule has 0 amide bonds. The van der Waals surface area contributed by atoms with Crippen molar-refractivity contribution in [3.8, 4) is 11.5 Å². The summed E-state index contributed by atoms with van der Waals surface area (Å²) < 4.78 is 10.7. The van der Waals surface area contributed by atoms with Crippen molar-refractivity contribution >= 4 is 17.7 Å². The van der Waals surface area contributed by atoms with E-state index in [1.165, 1.54) is 5.49 Å². The summed E-state index contributed by atoms with van der Waals surface area (Å²) in [5.74, 6) is 1.41. The minimum atomic E-state index is 0.480. The maximum Gasteiger partial charge on any atom is 0.161 e. The van der Waals surface area contributed by atoms with Gasteiger partial charge in [-0.1, -0.05) is 18.3 Å². The average Bonchev–Trinajstić information content (AvgIpc) is 2.34. The molecule has 0 saturated carbocycles. The lowest BCUT2D eigenvalue weighted by atomic mass is 10.2. The molecule has 1 aromatic rings. The van der Waals surface area contributed by atoms with E-state index in [1.807, 2.05) is 18.2 Å². The summed E-state index contributed by atoms with van der Waals surface area (Å²) in [5.41, 5.74) is 7.94. The molecule has 0 spiro atoms. The molecule has 5 heteroatoms. The normalized spacial score (nSPS) is 9.62.